The molecule has 1 unspecified atom stereocenters. The van der Waals surface area contributed by atoms with Gasteiger partial charge in [0.05, 0.1) is 0 Å². The van der Waals surface area contributed by atoms with Crippen LogP contribution in [0.2, 0.25) is 0 Å². The number of benzene rings is 1. The predicted octanol–water partition coefficient (Wildman–Crippen LogP) is 3.62. The van der Waals surface area contributed by atoms with E-state index >= 15 is 0 Å². The molecule has 0 heterocycles. The van der Waals surface area contributed by atoms with Crippen molar-refractivity contribution in [2.24, 2.45) is 5.73 Å². The molecule has 0 spiro atoms. The molecular weight excluding hydrogens is 258 g/mol. The van der Waals surface area contributed by atoms with Gasteiger partial charge in [-0.15, -0.1) is 11.8 Å². The Morgan fingerprint density at radius 3 is 2.79 bits per heavy atom. The Kier molecular flexibility index (Phi) is 4.99. The number of nitrogens with two attached hydrogens (primary N) is 1. The predicted molar refractivity (Wildman–Crippen MR) is 68.0 cm³/mol. The first-order valence-corrected chi connectivity index (χ1v) is 6.75. The highest BCUT2D eigenvalue weighted by molar-refractivity contribution is 9.10. The van der Waals surface area contributed by atoms with Gasteiger partial charge in [-0.3, -0.25) is 0 Å². The third-order valence-corrected chi connectivity index (χ3v) is 3.81. The first-order chi connectivity index (χ1) is 6.70. The maximum Gasteiger partial charge on any atom is 0.0221 e. The van der Waals surface area contributed by atoms with E-state index in [4.69, 9.17) is 5.73 Å². The number of thioether (sulfide) groups is 1. The Bertz CT molecular complexity index is 301. The summed E-state index contributed by atoms with van der Waals surface area (Å²) in [6, 6.07) is 6.34. The molecule has 0 bridgehead atoms. The zero-order chi connectivity index (χ0) is 10.6. The second-order valence-electron chi connectivity index (χ2n) is 3.33. The number of rotatable bonds is 4. The van der Waals surface area contributed by atoms with E-state index in [1.165, 1.54) is 14.9 Å². The highest BCUT2D eigenvalue weighted by Gasteiger charge is 2.12. The van der Waals surface area contributed by atoms with E-state index in [9.17, 15) is 0 Å². The Labute approximate surface area is 98.6 Å². The molecule has 0 radical (unpaired) electrons. The van der Waals surface area contributed by atoms with Crippen LogP contribution in [0.1, 0.15) is 24.8 Å². The fourth-order valence-corrected chi connectivity index (χ4v) is 3.20. The minimum absolute atomic E-state index is 0.526. The second kappa shape index (κ2) is 5.79. The standard InChI is InChI=1S/C11H16BrNS/c1-8(6-7-13)11-9(12)4-3-5-10(11)14-2/h3-5,8H,6-7,13H2,1-2H3. The van der Waals surface area contributed by atoms with Crippen LogP contribution >= 0.6 is 27.7 Å². The minimum Gasteiger partial charge on any atom is -0.330 e. The van der Waals surface area contributed by atoms with Crippen LogP contribution in [0.3, 0.4) is 0 Å². The van der Waals surface area contributed by atoms with Gasteiger partial charge in [-0.2, -0.15) is 0 Å². The van der Waals surface area contributed by atoms with Crippen molar-refractivity contribution in [1.82, 2.24) is 0 Å². The van der Waals surface area contributed by atoms with Gasteiger partial charge >= 0.3 is 0 Å². The lowest BCUT2D eigenvalue weighted by molar-refractivity contribution is 0.676. The molecule has 1 aromatic rings. The van der Waals surface area contributed by atoms with Gasteiger partial charge in [0.15, 0.2) is 0 Å². The van der Waals surface area contributed by atoms with Crippen molar-refractivity contribution in [2.75, 3.05) is 12.8 Å². The third kappa shape index (κ3) is 2.75. The molecule has 0 aromatic heterocycles. The van der Waals surface area contributed by atoms with Crippen LogP contribution in [0.4, 0.5) is 0 Å². The van der Waals surface area contributed by atoms with Crippen LogP contribution in [0.5, 0.6) is 0 Å². The van der Waals surface area contributed by atoms with Crippen molar-refractivity contribution in [3.8, 4) is 0 Å². The van der Waals surface area contributed by atoms with E-state index < -0.39 is 0 Å². The maximum absolute atomic E-state index is 5.59. The average Bonchev–Trinajstić information content (AvgIpc) is 2.17. The van der Waals surface area contributed by atoms with Gasteiger partial charge in [-0.1, -0.05) is 28.9 Å². The summed E-state index contributed by atoms with van der Waals surface area (Å²) in [7, 11) is 0. The van der Waals surface area contributed by atoms with Crippen LogP contribution in [0, 0.1) is 0 Å². The summed E-state index contributed by atoms with van der Waals surface area (Å²) < 4.78 is 1.20. The Hall–Kier alpha value is 0.01000. The largest absolute Gasteiger partial charge is 0.330 e. The molecule has 0 amide bonds. The molecule has 2 N–H and O–H groups in total. The number of hydrogen-bond acceptors (Lipinski definition) is 2. The van der Waals surface area contributed by atoms with Crippen LogP contribution in [0.25, 0.3) is 0 Å². The first-order valence-electron chi connectivity index (χ1n) is 4.73. The number of halogens is 1. The third-order valence-electron chi connectivity index (χ3n) is 2.33. The molecule has 0 aliphatic carbocycles. The van der Waals surface area contributed by atoms with Crippen molar-refractivity contribution < 1.29 is 0 Å². The van der Waals surface area contributed by atoms with E-state index in [1.54, 1.807) is 11.8 Å². The van der Waals surface area contributed by atoms with Crippen molar-refractivity contribution in [3.05, 3.63) is 28.2 Å². The van der Waals surface area contributed by atoms with Crippen molar-refractivity contribution >= 4 is 27.7 Å². The topological polar surface area (TPSA) is 26.0 Å². The van der Waals surface area contributed by atoms with Gasteiger partial charge < -0.3 is 5.73 Å². The van der Waals surface area contributed by atoms with Gasteiger partial charge in [-0.05, 0) is 42.8 Å². The summed E-state index contributed by atoms with van der Waals surface area (Å²) >= 11 is 5.40. The zero-order valence-electron chi connectivity index (χ0n) is 8.59. The Morgan fingerprint density at radius 1 is 1.50 bits per heavy atom. The molecule has 1 aromatic carbocycles. The fourth-order valence-electron chi connectivity index (χ4n) is 1.57. The Morgan fingerprint density at radius 2 is 2.21 bits per heavy atom. The summed E-state index contributed by atoms with van der Waals surface area (Å²) in [4.78, 5) is 1.35. The van der Waals surface area contributed by atoms with E-state index in [1.807, 2.05) is 0 Å². The van der Waals surface area contributed by atoms with E-state index in [2.05, 4.69) is 47.3 Å². The monoisotopic (exact) mass is 273 g/mol. The molecule has 1 atom stereocenters. The molecule has 0 saturated heterocycles. The van der Waals surface area contributed by atoms with E-state index in [0.717, 1.165) is 13.0 Å². The molecule has 0 fully saturated rings. The molecular formula is C11H16BrNS. The molecule has 0 aliphatic heterocycles. The lowest BCUT2D eigenvalue weighted by atomic mass is 9.98. The maximum atomic E-state index is 5.59. The molecule has 0 aliphatic rings. The first kappa shape index (κ1) is 12.1. The highest BCUT2D eigenvalue weighted by Crippen LogP contribution is 2.34. The van der Waals surface area contributed by atoms with Crippen LogP contribution in [-0.2, 0) is 0 Å². The van der Waals surface area contributed by atoms with Crippen LogP contribution in [0.15, 0.2) is 27.6 Å². The fraction of sp³-hybridized carbons (Fsp3) is 0.455. The van der Waals surface area contributed by atoms with E-state index in [-0.39, 0.29) is 0 Å². The van der Waals surface area contributed by atoms with Gasteiger partial charge in [-0.25, -0.2) is 0 Å². The summed E-state index contributed by atoms with van der Waals surface area (Å²) in [6.45, 7) is 2.98. The molecule has 78 valence electrons. The van der Waals surface area contributed by atoms with Crippen molar-refractivity contribution in [1.29, 1.82) is 0 Å². The van der Waals surface area contributed by atoms with Crippen LogP contribution in [-0.4, -0.2) is 12.8 Å². The molecule has 3 heteroatoms. The smallest absolute Gasteiger partial charge is 0.0221 e. The lowest BCUT2D eigenvalue weighted by Crippen LogP contribution is -2.06. The van der Waals surface area contributed by atoms with Gasteiger partial charge in [0, 0.05) is 9.37 Å². The van der Waals surface area contributed by atoms with E-state index in [0.29, 0.717) is 5.92 Å². The molecule has 1 nitrogen and oxygen atoms in total. The zero-order valence-corrected chi connectivity index (χ0v) is 11.0. The minimum atomic E-state index is 0.526. The molecule has 0 saturated carbocycles. The van der Waals surface area contributed by atoms with Crippen LogP contribution < -0.4 is 5.73 Å². The normalized spacial score (nSPS) is 12.9. The summed E-state index contributed by atoms with van der Waals surface area (Å²) in [6.07, 6.45) is 3.15. The summed E-state index contributed by atoms with van der Waals surface area (Å²) in [5.41, 5.74) is 6.98. The van der Waals surface area contributed by atoms with Crippen molar-refractivity contribution in [3.63, 3.8) is 0 Å². The molecule has 14 heavy (non-hydrogen) atoms. The summed E-state index contributed by atoms with van der Waals surface area (Å²) in [5, 5.41) is 0. The average molecular weight is 274 g/mol. The van der Waals surface area contributed by atoms with Gasteiger partial charge in [0.25, 0.3) is 0 Å². The lowest BCUT2D eigenvalue weighted by Gasteiger charge is -2.16. The molecule has 1 rings (SSSR count). The SMILES string of the molecule is CSc1cccc(Br)c1C(C)CCN. The highest BCUT2D eigenvalue weighted by atomic mass is 79.9. The number of hydrogen-bond donors (Lipinski definition) is 1. The van der Waals surface area contributed by atoms with Crippen molar-refractivity contribution in [2.45, 2.75) is 24.2 Å². The quantitative estimate of drug-likeness (QED) is 0.848. The Balaban J connectivity index is 3.03. The van der Waals surface area contributed by atoms with Gasteiger partial charge in [0.2, 0.25) is 0 Å². The second-order valence-corrected chi connectivity index (χ2v) is 5.04. The summed E-state index contributed by atoms with van der Waals surface area (Å²) in [5.74, 6) is 0.526. The van der Waals surface area contributed by atoms with Gasteiger partial charge in [0.1, 0.15) is 0 Å².